The molecule has 5 heavy (non-hydrogen) atoms. The van der Waals surface area contributed by atoms with Crippen LogP contribution in [0.1, 0.15) is 6.92 Å². The van der Waals surface area contributed by atoms with Crippen LogP contribution in [-0.4, -0.2) is 21.1 Å². The van der Waals surface area contributed by atoms with E-state index in [2.05, 4.69) is 22.7 Å². The minimum atomic E-state index is 0.944. The molecule has 0 aromatic carbocycles. The summed E-state index contributed by atoms with van der Waals surface area (Å²) < 4.78 is 0. The largest absolute Gasteiger partial charge is 0.293 e. The molecule has 0 aliphatic carbocycles. The molecule has 0 spiro atoms. The molecule has 30 valence electrons. The molecule has 2 radical (unpaired) electrons. The highest BCUT2D eigenvalue weighted by atomic mass is 35.6. The van der Waals surface area contributed by atoms with E-state index in [1.165, 1.54) is 0 Å². The van der Waals surface area contributed by atoms with Crippen LogP contribution in [0.25, 0.3) is 0 Å². The molecule has 0 aromatic heterocycles. The molecule has 0 rings (SSSR count). The molecule has 0 aliphatic rings. The van der Waals surface area contributed by atoms with E-state index in [1.807, 2.05) is 22.3 Å². The topological polar surface area (TPSA) is 0 Å². The lowest BCUT2D eigenvalue weighted by molar-refractivity contribution is 1.54. The van der Waals surface area contributed by atoms with Gasteiger partial charge in [0.2, 0.25) is 0 Å². The van der Waals surface area contributed by atoms with Gasteiger partial charge < -0.3 is 0 Å². The van der Waals surface area contributed by atoms with Crippen molar-refractivity contribution < 1.29 is 0 Å². The van der Waals surface area contributed by atoms with Gasteiger partial charge in [-0.25, -0.2) is 0 Å². The minimum absolute atomic E-state index is 0.944. The summed E-state index contributed by atoms with van der Waals surface area (Å²) in [6, 6.07) is 0. The van der Waals surface area contributed by atoms with Gasteiger partial charge >= 0.3 is 0 Å². The third-order valence-electron chi connectivity index (χ3n) is 0. The highest BCUT2D eigenvalue weighted by Gasteiger charge is 1.35. The smallest absolute Gasteiger partial charge is 0.293 e. The van der Waals surface area contributed by atoms with Crippen LogP contribution < -0.4 is 0 Å². The summed E-state index contributed by atoms with van der Waals surface area (Å²) in [4.78, 5) is 0. The summed E-state index contributed by atoms with van der Waals surface area (Å²) in [5.74, 6) is 0.944. The Morgan fingerprint density at radius 2 is 1.80 bits per heavy atom. The highest BCUT2D eigenvalue weighted by molar-refractivity contribution is 7.80. The summed E-state index contributed by atoms with van der Waals surface area (Å²) in [6.45, 7) is 1.99. The zero-order valence-electron chi connectivity index (χ0n) is 3.11. The molecule has 0 fully saturated rings. The number of thiol groups is 1. The summed E-state index contributed by atoms with van der Waals surface area (Å²) in [5, 5.41) is 0. The Kier molecular flexibility index (Phi) is 36.2. The number of rotatable bonds is 0. The van der Waals surface area contributed by atoms with E-state index in [9.17, 15) is 0 Å². The van der Waals surface area contributed by atoms with Crippen molar-refractivity contribution in [2.45, 2.75) is 6.92 Å². The first kappa shape index (κ1) is 9.49. The molecule has 0 nitrogen and oxygen atoms in total. The van der Waals surface area contributed by atoms with Crippen molar-refractivity contribution in [3.63, 3.8) is 0 Å². The number of halogens is 1. The molecule has 0 amide bonds. The molecule has 0 aromatic rings. The summed E-state index contributed by atoms with van der Waals surface area (Å²) >= 11 is 5.68. The average molecular weight is 125 g/mol. The Bertz CT molecular complexity index is 9.61. The fourth-order valence-electron chi connectivity index (χ4n) is 0. The second kappa shape index (κ2) is 19.1. The first-order valence-electron chi connectivity index (χ1n) is 1.24. The first-order chi connectivity index (χ1) is 2.41. The van der Waals surface area contributed by atoms with E-state index in [0.717, 1.165) is 5.75 Å². The molecular formula is C2H6AlClS. The monoisotopic (exact) mass is 124 g/mol. The van der Waals surface area contributed by atoms with E-state index < -0.39 is 0 Å². The number of hydrogen-bond donors (Lipinski definition) is 1. The molecule has 0 heterocycles. The van der Waals surface area contributed by atoms with Crippen LogP contribution in [-0.2, 0) is 0 Å². The van der Waals surface area contributed by atoms with E-state index in [-0.39, 0.29) is 0 Å². The van der Waals surface area contributed by atoms with Crippen molar-refractivity contribution >= 4 is 38.0 Å². The van der Waals surface area contributed by atoms with Crippen LogP contribution in [0.4, 0.5) is 0 Å². The van der Waals surface area contributed by atoms with Gasteiger partial charge in [0.1, 0.15) is 0 Å². The molecular weight excluding hydrogens is 119 g/mol. The van der Waals surface area contributed by atoms with E-state index >= 15 is 0 Å². The van der Waals surface area contributed by atoms with Crippen molar-refractivity contribution in [2.75, 3.05) is 5.75 Å². The first-order valence-corrected chi connectivity index (χ1v) is 3.62. The van der Waals surface area contributed by atoms with Crippen molar-refractivity contribution in [2.24, 2.45) is 0 Å². The molecule has 3 heteroatoms. The Morgan fingerprint density at radius 3 is 1.80 bits per heavy atom. The minimum Gasteiger partial charge on any atom is -0.293 e. The Hall–Kier alpha value is 1.17. The second-order valence-electron chi connectivity index (χ2n) is 0.316. The third kappa shape index (κ3) is 37.9. The SMILES string of the molecule is CCS.[Al][Cl]. The van der Waals surface area contributed by atoms with Gasteiger partial charge in [-0.2, -0.15) is 12.6 Å². The highest BCUT2D eigenvalue weighted by Crippen LogP contribution is 1.58. The lowest BCUT2D eigenvalue weighted by atomic mass is 11.0. The second-order valence-corrected chi connectivity index (χ2v) is 0.949. The van der Waals surface area contributed by atoms with Gasteiger partial charge in [-0.1, -0.05) is 6.92 Å². The molecule has 0 aliphatic heterocycles. The zero-order chi connectivity index (χ0) is 4.71. The van der Waals surface area contributed by atoms with Crippen molar-refractivity contribution in [1.29, 1.82) is 0 Å². The molecule has 0 unspecified atom stereocenters. The lowest BCUT2D eigenvalue weighted by Crippen LogP contribution is -1.36. The van der Waals surface area contributed by atoms with Crippen LogP contribution in [0.5, 0.6) is 0 Å². The van der Waals surface area contributed by atoms with Crippen molar-refractivity contribution in [1.82, 2.24) is 0 Å². The maximum atomic E-state index is 4.56. The van der Waals surface area contributed by atoms with Gasteiger partial charge in [0, 0.05) is 0 Å². The maximum absolute atomic E-state index is 4.56. The Morgan fingerprint density at radius 1 is 1.80 bits per heavy atom. The van der Waals surface area contributed by atoms with Gasteiger partial charge in [0.15, 0.2) is 0 Å². The van der Waals surface area contributed by atoms with Crippen LogP contribution in [0.2, 0.25) is 0 Å². The van der Waals surface area contributed by atoms with Crippen LogP contribution in [0.3, 0.4) is 0 Å². The Balaban J connectivity index is 0. The van der Waals surface area contributed by atoms with E-state index in [1.54, 1.807) is 0 Å². The van der Waals surface area contributed by atoms with Crippen molar-refractivity contribution in [3.05, 3.63) is 0 Å². The number of hydrogen-bond acceptors (Lipinski definition) is 1. The quantitative estimate of drug-likeness (QED) is 0.365. The lowest BCUT2D eigenvalue weighted by Gasteiger charge is -1.48. The summed E-state index contributed by atoms with van der Waals surface area (Å²) in [7, 11) is 4.56. The molecule has 0 atom stereocenters. The van der Waals surface area contributed by atoms with Gasteiger partial charge in [-0.05, 0) is 5.75 Å². The molecule has 0 bridgehead atoms. The van der Waals surface area contributed by atoms with E-state index in [0.29, 0.717) is 0 Å². The molecule has 0 N–H and O–H groups in total. The van der Waals surface area contributed by atoms with E-state index in [4.69, 9.17) is 0 Å². The van der Waals surface area contributed by atoms with Gasteiger partial charge in [-0.15, -0.1) is 0 Å². The van der Waals surface area contributed by atoms with Gasteiger partial charge in [0.05, 0.1) is 0 Å². The molecule has 0 saturated carbocycles. The third-order valence-corrected chi connectivity index (χ3v) is 0. The standard InChI is InChI=1S/C2H6S.Al.ClH/c1-2-3;;/h3H,2H2,1H3;;1H/q;+1;/p-1. The Labute approximate surface area is 50.9 Å². The predicted octanol–water partition coefficient (Wildman–Crippen LogP) is 1.24. The van der Waals surface area contributed by atoms with Crippen molar-refractivity contribution in [3.8, 4) is 0 Å². The fraction of sp³-hybridized carbons (Fsp3) is 1.00. The van der Waals surface area contributed by atoms with Gasteiger partial charge in [0.25, 0.3) is 15.4 Å². The van der Waals surface area contributed by atoms with Crippen LogP contribution >= 0.6 is 22.7 Å². The zero-order valence-corrected chi connectivity index (χ0v) is 5.91. The maximum Gasteiger partial charge on any atom is 0.293 e. The molecule has 0 saturated heterocycles. The summed E-state index contributed by atoms with van der Waals surface area (Å²) in [6.07, 6.45) is 0. The fourth-order valence-corrected chi connectivity index (χ4v) is 0. The summed E-state index contributed by atoms with van der Waals surface area (Å²) in [5.41, 5.74) is 0. The van der Waals surface area contributed by atoms with Crippen LogP contribution in [0.15, 0.2) is 0 Å². The average Bonchev–Trinajstić information content (AvgIpc) is 1.46. The van der Waals surface area contributed by atoms with Crippen LogP contribution in [0, 0.1) is 0 Å². The van der Waals surface area contributed by atoms with Gasteiger partial charge in [-0.3, -0.25) is 10.0 Å². The normalized spacial score (nSPS) is 4.60. The predicted molar refractivity (Wildman–Crippen MR) is 31.1 cm³/mol.